The van der Waals surface area contributed by atoms with E-state index in [4.69, 9.17) is 10.5 Å². The first-order chi connectivity index (χ1) is 13.1. The zero-order chi connectivity index (χ0) is 19.2. The van der Waals surface area contributed by atoms with Crippen molar-refractivity contribution >= 4 is 22.9 Å². The van der Waals surface area contributed by atoms with Gasteiger partial charge < -0.3 is 26.0 Å². The number of aromatic nitrogens is 4. The Kier molecular flexibility index (Phi) is 5.79. The molecule has 3 rings (SSSR count). The lowest BCUT2D eigenvalue weighted by Crippen LogP contribution is -2.30. The van der Waals surface area contributed by atoms with Crippen LogP contribution in [-0.4, -0.2) is 49.1 Å². The molecule has 1 amide bonds. The number of anilines is 1. The lowest BCUT2D eigenvalue weighted by Gasteiger charge is -2.17. The number of nitrogens with two attached hydrogens (primary N) is 1. The summed E-state index contributed by atoms with van der Waals surface area (Å²) in [6.45, 7) is 0.265. The summed E-state index contributed by atoms with van der Waals surface area (Å²) in [4.78, 5) is 19.5. The molecule has 1 aromatic carbocycles. The highest BCUT2D eigenvalue weighted by atomic mass is 16.5. The van der Waals surface area contributed by atoms with Crippen LogP contribution >= 0.6 is 0 Å². The summed E-state index contributed by atoms with van der Waals surface area (Å²) in [5.41, 5.74) is 7.17. The number of aliphatic hydroxyl groups excluding tert-OH is 2. The first-order valence-corrected chi connectivity index (χ1v) is 8.31. The molecule has 2 aromatic heterocycles. The van der Waals surface area contributed by atoms with Gasteiger partial charge in [0.15, 0.2) is 5.65 Å². The number of nitrogens with zero attached hydrogens (tertiary/aromatic N) is 3. The Labute approximate surface area is 154 Å². The SMILES string of the molecule is Nc1ncnc2n[nH]c(C(O)C(O)CCNC(=O)OCc3ccccc3)c12. The molecule has 0 aliphatic heterocycles. The van der Waals surface area contributed by atoms with Crippen molar-refractivity contribution < 1.29 is 19.7 Å². The van der Waals surface area contributed by atoms with Gasteiger partial charge in [-0.15, -0.1) is 0 Å². The number of fused-ring (bicyclic) bond motifs is 1. The number of hydrogen-bond acceptors (Lipinski definition) is 8. The number of aromatic amines is 1. The van der Waals surface area contributed by atoms with Gasteiger partial charge in [-0.2, -0.15) is 5.10 Å². The summed E-state index contributed by atoms with van der Waals surface area (Å²) < 4.78 is 5.07. The Morgan fingerprint density at radius 2 is 2.04 bits per heavy atom. The number of benzene rings is 1. The van der Waals surface area contributed by atoms with E-state index in [2.05, 4.69) is 25.5 Å². The summed E-state index contributed by atoms with van der Waals surface area (Å²) in [6, 6.07) is 9.27. The molecule has 2 unspecified atom stereocenters. The monoisotopic (exact) mass is 372 g/mol. The minimum atomic E-state index is -1.29. The molecule has 0 aliphatic carbocycles. The summed E-state index contributed by atoms with van der Waals surface area (Å²) >= 11 is 0. The van der Waals surface area contributed by atoms with E-state index >= 15 is 0 Å². The number of hydrogen-bond donors (Lipinski definition) is 5. The fraction of sp³-hybridized carbons (Fsp3) is 0.294. The molecule has 10 nitrogen and oxygen atoms in total. The third kappa shape index (κ3) is 4.49. The Morgan fingerprint density at radius 1 is 1.26 bits per heavy atom. The molecule has 2 atom stereocenters. The standard InChI is InChI=1S/C17H20N6O4/c18-15-12-13(22-23-16(12)21-9-20-15)14(25)11(24)6-7-19-17(26)27-8-10-4-2-1-3-5-10/h1-5,9,11,14,24-25H,6-8H2,(H,19,26)(H3,18,20,21,22,23). The second-order valence-corrected chi connectivity index (χ2v) is 5.88. The molecule has 0 aliphatic rings. The summed E-state index contributed by atoms with van der Waals surface area (Å²) in [7, 11) is 0. The van der Waals surface area contributed by atoms with Crippen molar-refractivity contribution in [1.82, 2.24) is 25.5 Å². The number of alkyl carbamates (subject to hydrolysis) is 1. The van der Waals surface area contributed by atoms with Crippen molar-refractivity contribution in [2.75, 3.05) is 12.3 Å². The quantitative estimate of drug-likeness (QED) is 0.404. The Hall–Kier alpha value is -3.24. The van der Waals surface area contributed by atoms with E-state index in [1.807, 2.05) is 30.3 Å². The number of carbonyl (C=O) groups is 1. The molecule has 0 radical (unpaired) electrons. The third-order valence-corrected chi connectivity index (χ3v) is 3.99. The maximum Gasteiger partial charge on any atom is 0.407 e. The van der Waals surface area contributed by atoms with E-state index in [1.165, 1.54) is 6.33 Å². The zero-order valence-corrected chi connectivity index (χ0v) is 14.4. The first kappa shape index (κ1) is 18.5. The Balaban J connectivity index is 1.48. The maximum atomic E-state index is 11.7. The highest BCUT2D eigenvalue weighted by Crippen LogP contribution is 2.26. The highest BCUT2D eigenvalue weighted by molar-refractivity contribution is 5.87. The molecule has 0 spiro atoms. The molecule has 0 bridgehead atoms. The van der Waals surface area contributed by atoms with E-state index in [-0.39, 0.29) is 31.1 Å². The van der Waals surface area contributed by atoms with E-state index in [0.717, 1.165) is 5.56 Å². The van der Waals surface area contributed by atoms with Crippen LogP contribution in [0.5, 0.6) is 0 Å². The van der Waals surface area contributed by atoms with Gasteiger partial charge in [0.2, 0.25) is 0 Å². The lowest BCUT2D eigenvalue weighted by molar-refractivity contribution is 0.0119. The molecule has 27 heavy (non-hydrogen) atoms. The van der Waals surface area contributed by atoms with Gasteiger partial charge in [0.25, 0.3) is 0 Å². The number of amides is 1. The van der Waals surface area contributed by atoms with Gasteiger partial charge in [0.05, 0.1) is 17.2 Å². The van der Waals surface area contributed by atoms with E-state index in [1.54, 1.807) is 0 Å². The molecule has 0 saturated carbocycles. The number of aliphatic hydroxyl groups is 2. The average molecular weight is 372 g/mol. The average Bonchev–Trinajstić information content (AvgIpc) is 3.12. The second kappa shape index (κ2) is 8.43. The van der Waals surface area contributed by atoms with Gasteiger partial charge in [-0.25, -0.2) is 14.8 Å². The number of ether oxygens (including phenoxy) is 1. The molecule has 2 heterocycles. The predicted octanol–water partition coefficient (Wildman–Crippen LogP) is 0.646. The van der Waals surface area contributed by atoms with Crippen molar-refractivity contribution in [3.05, 3.63) is 47.9 Å². The van der Waals surface area contributed by atoms with Crippen LogP contribution in [0, 0.1) is 0 Å². The van der Waals surface area contributed by atoms with E-state index < -0.39 is 18.3 Å². The van der Waals surface area contributed by atoms with Gasteiger partial charge in [0, 0.05) is 6.54 Å². The summed E-state index contributed by atoms with van der Waals surface area (Å²) in [5.74, 6) is 0.151. The van der Waals surface area contributed by atoms with Gasteiger partial charge in [-0.05, 0) is 12.0 Å². The topological polar surface area (TPSA) is 159 Å². The normalized spacial score (nSPS) is 13.3. The van der Waals surface area contributed by atoms with Gasteiger partial charge >= 0.3 is 6.09 Å². The van der Waals surface area contributed by atoms with E-state index in [9.17, 15) is 15.0 Å². The number of rotatable bonds is 7. The Bertz CT molecular complexity index is 901. The van der Waals surface area contributed by atoms with Crippen molar-refractivity contribution in [3.8, 4) is 0 Å². The largest absolute Gasteiger partial charge is 0.445 e. The van der Waals surface area contributed by atoms with Crippen LogP contribution in [0.4, 0.5) is 10.6 Å². The molecular weight excluding hydrogens is 352 g/mol. The molecule has 0 saturated heterocycles. The molecule has 0 fully saturated rings. The fourth-order valence-corrected chi connectivity index (χ4v) is 2.56. The van der Waals surface area contributed by atoms with Crippen LogP contribution in [0.1, 0.15) is 23.8 Å². The van der Waals surface area contributed by atoms with Gasteiger partial charge in [-0.1, -0.05) is 30.3 Å². The van der Waals surface area contributed by atoms with Crippen molar-refractivity contribution in [2.45, 2.75) is 25.2 Å². The van der Waals surface area contributed by atoms with E-state index in [0.29, 0.717) is 11.0 Å². The first-order valence-electron chi connectivity index (χ1n) is 8.31. The van der Waals surface area contributed by atoms with Crippen molar-refractivity contribution in [1.29, 1.82) is 0 Å². The molecular formula is C17H20N6O4. The van der Waals surface area contributed by atoms with Gasteiger partial charge in [0.1, 0.15) is 24.9 Å². The van der Waals surface area contributed by atoms with Crippen molar-refractivity contribution in [2.24, 2.45) is 0 Å². The fourth-order valence-electron chi connectivity index (χ4n) is 2.56. The van der Waals surface area contributed by atoms with Crippen molar-refractivity contribution in [3.63, 3.8) is 0 Å². The molecule has 6 N–H and O–H groups in total. The predicted molar refractivity (Wildman–Crippen MR) is 96.3 cm³/mol. The summed E-state index contributed by atoms with van der Waals surface area (Å²) in [5, 5.41) is 30.0. The second-order valence-electron chi connectivity index (χ2n) is 5.88. The number of H-pyrrole nitrogens is 1. The number of carbonyl (C=O) groups excluding carboxylic acids is 1. The zero-order valence-electron chi connectivity index (χ0n) is 14.4. The highest BCUT2D eigenvalue weighted by Gasteiger charge is 2.24. The van der Waals surface area contributed by atoms with Crippen LogP contribution in [-0.2, 0) is 11.3 Å². The molecule has 3 aromatic rings. The minimum Gasteiger partial charge on any atom is -0.445 e. The molecule has 142 valence electrons. The van der Waals surface area contributed by atoms with Crippen LogP contribution in [0.25, 0.3) is 11.0 Å². The third-order valence-electron chi connectivity index (χ3n) is 3.99. The van der Waals surface area contributed by atoms with Crippen LogP contribution in [0.2, 0.25) is 0 Å². The minimum absolute atomic E-state index is 0.0930. The number of nitrogen functional groups attached to an aromatic ring is 1. The van der Waals surface area contributed by atoms with Crippen LogP contribution < -0.4 is 11.1 Å². The Morgan fingerprint density at radius 3 is 2.81 bits per heavy atom. The maximum absolute atomic E-state index is 11.7. The smallest absolute Gasteiger partial charge is 0.407 e. The lowest BCUT2D eigenvalue weighted by atomic mass is 10.1. The van der Waals surface area contributed by atoms with Crippen LogP contribution in [0.15, 0.2) is 36.7 Å². The van der Waals surface area contributed by atoms with Gasteiger partial charge in [-0.3, -0.25) is 5.10 Å². The summed E-state index contributed by atoms with van der Waals surface area (Å²) in [6.07, 6.45) is -1.70. The van der Waals surface area contributed by atoms with Crippen LogP contribution in [0.3, 0.4) is 0 Å². The number of nitrogens with one attached hydrogen (secondary N) is 2. The molecule has 10 heteroatoms.